The minimum Gasteiger partial charge on any atom is -0.333 e. The predicted octanol–water partition coefficient (Wildman–Crippen LogP) is 4.26. The number of thioether (sulfide) groups is 1. The Labute approximate surface area is 154 Å². The SMILES string of the molecule is N#CCCN(C(=O)CSc1nc2ccc(Cl)cc2[nH]1)c1ccccc1. The zero-order valence-corrected chi connectivity index (χ0v) is 14.8. The van der Waals surface area contributed by atoms with Crippen molar-refractivity contribution in [1.82, 2.24) is 9.97 Å². The van der Waals surface area contributed by atoms with Gasteiger partial charge in [0.1, 0.15) is 0 Å². The molecule has 0 radical (unpaired) electrons. The molecule has 3 rings (SSSR count). The molecule has 0 saturated heterocycles. The highest BCUT2D eigenvalue weighted by atomic mass is 35.5. The van der Waals surface area contributed by atoms with Crippen molar-refractivity contribution in [2.45, 2.75) is 11.6 Å². The maximum absolute atomic E-state index is 12.6. The number of nitrogens with zero attached hydrogens (tertiary/aromatic N) is 3. The third kappa shape index (κ3) is 4.32. The summed E-state index contributed by atoms with van der Waals surface area (Å²) in [6.45, 7) is 0.371. The largest absolute Gasteiger partial charge is 0.333 e. The fourth-order valence-corrected chi connectivity index (χ4v) is 3.34. The summed E-state index contributed by atoms with van der Waals surface area (Å²) in [4.78, 5) is 21.9. The molecule has 0 atom stereocenters. The molecular formula is C18H15ClN4OS. The number of aromatic amines is 1. The summed E-state index contributed by atoms with van der Waals surface area (Å²) in [5.74, 6) is 0.165. The van der Waals surface area contributed by atoms with Crippen molar-refractivity contribution < 1.29 is 4.79 Å². The van der Waals surface area contributed by atoms with Gasteiger partial charge < -0.3 is 9.88 Å². The van der Waals surface area contributed by atoms with Gasteiger partial charge in [0.2, 0.25) is 5.91 Å². The van der Waals surface area contributed by atoms with Crippen molar-refractivity contribution in [3.8, 4) is 6.07 Å². The Balaban J connectivity index is 1.71. The van der Waals surface area contributed by atoms with Crippen molar-refractivity contribution >= 4 is 46.0 Å². The van der Waals surface area contributed by atoms with E-state index in [1.165, 1.54) is 11.8 Å². The summed E-state index contributed by atoms with van der Waals surface area (Å²) in [7, 11) is 0. The van der Waals surface area contributed by atoms with Crippen molar-refractivity contribution in [2.75, 3.05) is 17.2 Å². The Kier molecular flexibility index (Phi) is 5.59. The fraction of sp³-hybridized carbons (Fsp3) is 0.167. The Hall–Kier alpha value is -2.49. The van der Waals surface area contributed by atoms with Gasteiger partial charge in [-0.25, -0.2) is 4.98 Å². The van der Waals surface area contributed by atoms with E-state index in [1.807, 2.05) is 36.4 Å². The maximum atomic E-state index is 12.6. The van der Waals surface area contributed by atoms with Gasteiger partial charge in [-0.05, 0) is 30.3 Å². The molecule has 1 amide bonds. The van der Waals surface area contributed by atoms with Crippen LogP contribution in [-0.2, 0) is 4.79 Å². The van der Waals surface area contributed by atoms with Crippen LogP contribution in [0.25, 0.3) is 11.0 Å². The van der Waals surface area contributed by atoms with Crippen LogP contribution < -0.4 is 4.90 Å². The summed E-state index contributed by atoms with van der Waals surface area (Å²) >= 11 is 7.30. The number of para-hydroxylation sites is 1. The van der Waals surface area contributed by atoms with Crippen molar-refractivity contribution in [3.05, 3.63) is 53.6 Å². The van der Waals surface area contributed by atoms with Crippen molar-refractivity contribution in [1.29, 1.82) is 5.26 Å². The molecule has 0 fully saturated rings. The molecule has 126 valence electrons. The Morgan fingerprint density at radius 2 is 2.08 bits per heavy atom. The number of hydrogen-bond donors (Lipinski definition) is 1. The molecule has 0 unspecified atom stereocenters. The molecule has 0 bridgehead atoms. The second-order valence-electron chi connectivity index (χ2n) is 5.28. The molecule has 25 heavy (non-hydrogen) atoms. The molecule has 2 aromatic carbocycles. The minimum atomic E-state index is -0.0649. The molecule has 1 heterocycles. The highest BCUT2D eigenvalue weighted by Crippen LogP contribution is 2.23. The van der Waals surface area contributed by atoms with Gasteiger partial charge in [-0.3, -0.25) is 4.79 Å². The number of aromatic nitrogens is 2. The lowest BCUT2D eigenvalue weighted by Crippen LogP contribution is -2.33. The first kappa shape index (κ1) is 17.3. The number of hydrogen-bond acceptors (Lipinski definition) is 4. The normalized spacial score (nSPS) is 10.6. The number of halogens is 1. The van der Waals surface area contributed by atoms with E-state index >= 15 is 0 Å². The topological polar surface area (TPSA) is 72.8 Å². The highest BCUT2D eigenvalue weighted by Gasteiger charge is 2.16. The molecule has 0 saturated carbocycles. The number of nitrogens with one attached hydrogen (secondary N) is 1. The lowest BCUT2D eigenvalue weighted by molar-refractivity contribution is -0.116. The van der Waals surface area contributed by atoms with Crippen LogP contribution in [0.2, 0.25) is 5.02 Å². The molecule has 3 aromatic rings. The predicted molar refractivity (Wildman–Crippen MR) is 101 cm³/mol. The second-order valence-corrected chi connectivity index (χ2v) is 6.68. The summed E-state index contributed by atoms with van der Waals surface area (Å²) in [5, 5.41) is 10.1. The number of benzene rings is 2. The number of carbonyl (C=O) groups excluding carboxylic acids is 1. The van der Waals surface area contributed by atoms with Gasteiger partial charge in [0, 0.05) is 17.3 Å². The second kappa shape index (κ2) is 8.06. The van der Waals surface area contributed by atoms with Crippen LogP contribution in [0.4, 0.5) is 5.69 Å². The van der Waals surface area contributed by atoms with Crippen LogP contribution in [0.5, 0.6) is 0 Å². The van der Waals surface area contributed by atoms with Crippen molar-refractivity contribution in [2.24, 2.45) is 0 Å². The van der Waals surface area contributed by atoms with Crippen LogP contribution in [0.1, 0.15) is 6.42 Å². The van der Waals surface area contributed by atoms with Gasteiger partial charge in [-0.15, -0.1) is 0 Å². The number of nitriles is 1. The third-order valence-corrected chi connectivity index (χ3v) is 4.66. The van der Waals surface area contributed by atoms with E-state index in [0.717, 1.165) is 16.7 Å². The van der Waals surface area contributed by atoms with E-state index in [-0.39, 0.29) is 18.1 Å². The van der Waals surface area contributed by atoms with Crippen LogP contribution >= 0.6 is 23.4 Å². The Bertz CT molecular complexity index is 920. The van der Waals surface area contributed by atoms with Gasteiger partial charge in [0.05, 0.1) is 29.3 Å². The van der Waals surface area contributed by atoms with Gasteiger partial charge in [-0.1, -0.05) is 41.6 Å². The van der Waals surface area contributed by atoms with E-state index in [9.17, 15) is 4.79 Å². The maximum Gasteiger partial charge on any atom is 0.237 e. The highest BCUT2D eigenvalue weighted by molar-refractivity contribution is 7.99. The molecule has 0 aliphatic rings. The average Bonchev–Trinajstić information content (AvgIpc) is 3.03. The number of imidazole rings is 1. The summed E-state index contributed by atoms with van der Waals surface area (Å²) in [6, 6.07) is 16.9. The summed E-state index contributed by atoms with van der Waals surface area (Å²) < 4.78 is 0. The zero-order chi connectivity index (χ0) is 17.6. The molecule has 0 aliphatic heterocycles. The van der Waals surface area contributed by atoms with Gasteiger partial charge in [0.15, 0.2) is 5.16 Å². The molecule has 1 aromatic heterocycles. The monoisotopic (exact) mass is 370 g/mol. The Morgan fingerprint density at radius 1 is 1.28 bits per heavy atom. The molecular weight excluding hydrogens is 356 g/mol. The van der Waals surface area contributed by atoms with E-state index in [1.54, 1.807) is 17.0 Å². The van der Waals surface area contributed by atoms with Crippen LogP contribution in [-0.4, -0.2) is 28.2 Å². The zero-order valence-electron chi connectivity index (χ0n) is 13.3. The van der Waals surface area contributed by atoms with E-state index < -0.39 is 0 Å². The molecule has 7 heteroatoms. The first-order valence-corrected chi connectivity index (χ1v) is 9.04. The summed E-state index contributed by atoms with van der Waals surface area (Å²) in [6.07, 6.45) is 0.286. The van der Waals surface area contributed by atoms with E-state index in [2.05, 4.69) is 16.0 Å². The smallest absolute Gasteiger partial charge is 0.237 e. The van der Waals surface area contributed by atoms with E-state index in [4.69, 9.17) is 16.9 Å². The van der Waals surface area contributed by atoms with Crippen molar-refractivity contribution in [3.63, 3.8) is 0 Å². The number of H-pyrrole nitrogens is 1. The number of fused-ring (bicyclic) bond motifs is 1. The van der Waals surface area contributed by atoms with E-state index in [0.29, 0.717) is 16.7 Å². The third-order valence-electron chi connectivity index (χ3n) is 3.57. The van der Waals surface area contributed by atoms with Crippen LogP contribution in [0.3, 0.4) is 0 Å². The average molecular weight is 371 g/mol. The molecule has 0 aliphatic carbocycles. The number of amides is 1. The number of rotatable bonds is 6. The van der Waals surface area contributed by atoms with Crippen LogP contribution in [0, 0.1) is 11.3 Å². The summed E-state index contributed by atoms with van der Waals surface area (Å²) in [5.41, 5.74) is 2.44. The molecule has 0 spiro atoms. The van der Waals surface area contributed by atoms with Gasteiger partial charge in [0.25, 0.3) is 0 Å². The van der Waals surface area contributed by atoms with Crippen LogP contribution in [0.15, 0.2) is 53.7 Å². The Morgan fingerprint density at radius 3 is 2.84 bits per heavy atom. The lowest BCUT2D eigenvalue weighted by Gasteiger charge is -2.21. The molecule has 1 N–H and O–H groups in total. The quantitative estimate of drug-likeness (QED) is 0.658. The number of carbonyl (C=O) groups is 1. The fourth-order valence-electron chi connectivity index (χ4n) is 2.40. The van der Waals surface area contributed by atoms with Gasteiger partial charge >= 0.3 is 0 Å². The standard InChI is InChI=1S/C18H15ClN4OS/c19-13-7-8-15-16(11-13)22-18(21-15)25-12-17(24)23(10-4-9-20)14-5-2-1-3-6-14/h1-3,5-8,11H,4,10,12H2,(H,21,22). The van der Waals surface area contributed by atoms with Gasteiger partial charge in [-0.2, -0.15) is 5.26 Å². The minimum absolute atomic E-state index is 0.0649. The first-order valence-electron chi connectivity index (χ1n) is 7.68. The lowest BCUT2D eigenvalue weighted by atomic mass is 10.2. The number of anilines is 1. The first-order chi connectivity index (χ1) is 12.2. The molecule has 5 nitrogen and oxygen atoms in total.